The van der Waals surface area contributed by atoms with Gasteiger partial charge in [0.05, 0.1) is 18.7 Å². The number of aromatic nitrogens is 1. The fourth-order valence-electron chi connectivity index (χ4n) is 2.93. The first-order valence-electron chi connectivity index (χ1n) is 7.69. The Labute approximate surface area is 131 Å². The molecule has 1 aliphatic rings. The van der Waals surface area contributed by atoms with Crippen LogP contribution < -0.4 is 0 Å². The third kappa shape index (κ3) is 4.51. The van der Waals surface area contributed by atoms with Gasteiger partial charge in [-0.05, 0) is 25.3 Å². The summed E-state index contributed by atoms with van der Waals surface area (Å²) in [6, 6.07) is 0. The Kier molecular flexibility index (Phi) is 5.04. The van der Waals surface area contributed by atoms with Crippen molar-refractivity contribution in [3.05, 3.63) is 15.6 Å². The molecule has 0 radical (unpaired) electrons. The Balaban J connectivity index is 2.16. The second-order valence-electron chi connectivity index (χ2n) is 7.18. The first-order chi connectivity index (χ1) is 9.75. The monoisotopic (exact) mass is 310 g/mol. The van der Waals surface area contributed by atoms with Crippen LogP contribution in [0.5, 0.6) is 0 Å². The summed E-state index contributed by atoms with van der Waals surface area (Å²) < 4.78 is 0. The third-order valence-corrected chi connectivity index (χ3v) is 4.90. The van der Waals surface area contributed by atoms with Crippen molar-refractivity contribution in [3.8, 4) is 0 Å². The van der Waals surface area contributed by atoms with Crippen LogP contribution in [0.15, 0.2) is 0 Å². The number of piperidine rings is 1. The minimum atomic E-state index is -0.776. The van der Waals surface area contributed by atoms with E-state index in [1.165, 1.54) is 12.8 Å². The molecule has 1 unspecified atom stereocenters. The lowest BCUT2D eigenvalue weighted by molar-refractivity contribution is -0.136. The maximum absolute atomic E-state index is 11.1. The molecule has 4 nitrogen and oxygen atoms in total. The average Bonchev–Trinajstić information content (AvgIpc) is 2.70. The number of nitrogens with zero attached hydrogens (tertiary/aromatic N) is 2. The molecule has 0 spiro atoms. The molecule has 0 bridgehead atoms. The molecule has 118 valence electrons. The van der Waals surface area contributed by atoms with Crippen LogP contribution in [0.2, 0.25) is 0 Å². The molecular weight excluding hydrogens is 284 g/mol. The molecule has 1 aromatic rings. The van der Waals surface area contributed by atoms with E-state index in [0.717, 1.165) is 41.1 Å². The van der Waals surface area contributed by atoms with Gasteiger partial charge in [-0.25, -0.2) is 4.98 Å². The molecule has 1 aromatic heterocycles. The van der Waals surface area contributed by atoms with Crippen molar-refractivity contribution in [2.24, 2.45) is 5.92 Å². The number of carbonyl (C=O) groups is 1. The number of thiazole rings is 1. The highest BCUT2D eigenvalue weighted by molar-refractivity contribution is 7.11. The zero-order chi connectivity index (χ0) is 15.6. The van der Waals surface area contributed by atoms with Gasteiger partial charge in [0.25, 0.3) is 0 Å². The van der Waals surface area contributed by atoms with Gasteiger partial charge in [-0.2, -0.15) is 0 Å². The molecule has 1 atom stereocenters. The lowest BCUT2D eigenvalue weighted by Gasteiger charge is -2.30. The third-order valence-electron chi connectivity index (χ3n) is 3.86. The molecule has 1 N–H and O–H groups in total. The Bertz CT molecular complexity index is 505. The van der Waals surface area contributed by atoms with Crippen molar-refractivity contribution in [1.29, 1.82) is 0 Å². The van der Waals surface area contributed by atoms with Crippen LogP contribution in [0.3, 0.4) is 0 Å². The Hall–Kier alpha value is -0.940. The van der Waals surface area contributed by atoms with Crippen molar-refractivity contribution >= 4 is 17.3 Å². The maximum Gasteiger partial charge on any atom is 0.308 e. The summed E-state index contributed by atoms with van der Waals surface area (Å²) in [6.45, 7) is 11.7. The summed E-state index contributed by atoms with van der Waals surface area (Å²) in [5, 5.41) is 10.2. The predicted molar refractivity (Wildman–Crippen MR) is 85.8 cm³/mol. The Morgan fingerprint density at radius 2 is 2.19 bits per heavy atom. The maximum atomic E-state index is 11.1. The summed E-state index contributed by atoms with van der Waals surface area (Å²) in [5.41, 5.74) is 0.851. The van der Waals surface area contributed by atoms with Crippen LogP contribution in [0.25, 0.3) is 0 Å². The Morgan fingerprint density at radius 3 is 2.76 bits per heavy atom. The van der Waals surface area contributed by atoms with Gasteiger partial charge < -0.3 is 5.11 Å². The van der Waals surface area contributed by atoms with Crippen LogP contribution >= 0.6 is 11.3 Å². The first-order valence-corrected chi connectivity index (χ1v) is 8.50. The molecule has 2 heterocycles. The second kappa shape index (κ2) is 6.44. The number of hydrogen-bond acceptors (Lipinski definition) is 4. The molecular formula is C16H26N2O2S. The van der Waals surface area contributed by atoms with Crippen LogP contribution in [0.4, 0.5) is 0 Å². The van der Waals surface area contributed by atoms with Gasteiger partial charge >= 0.3 is 5.97 Å². The van der Waals surface area contributed by atoms with E-state index >= 15 is 0 Å². The molecule has 1 aliphatic heterocycles. The predicted octanol–water partition coefficient (Wildman–Crippen LogP) is 3.30. The number of rotatable bonds is 4. The number of aliphatic carboxylic acids is 1. The minimum Gasteiger partial charge on any atom is -0.481 e. The number of hydrogen-bond donors (Lipinski definition) is 1. The van der Waals surface area contributed by atoms with Crippen molar-refractivity contribution in [2.75, 3.05) is 13.1 Å². The molecule has 0 aromatic carbocycles. The van der Waals surface area contributed by atoms with Gasteiger partial charge in [0.1, 0.15) is 5.01 Å². The summed E-state index contributed by atoms with van der Waals surface area (Å²) in [5.74, 6) is -0.0263. The number of likely N-dealkylation sites (tertiary alicyclic amines) is 1. The van der Waals surface area contributed by atoms with E-state index in [0.29, 0.717) is 0 Å². The SMILES string of the molecule is CC1CCCN(Cc2nc(C(C)(C)C)c(CC(=O)O)s2)C1. The van der Waals surface area contributed by atoms with Crippen molar-refractivity contribution in [2.45, 2.75) is 58.9 Å². The van der Waals surface area contributed by atoms with Crippen LogP contribution in [0.1, 0.15) is 56.1 Å². The van der Waals surface area contributed by atoms with Gasteiger partial charge in [-0.15, -0.1) is 11.3 Å². The van der Waals surface area contributed by atoms with E-state index in [-0.39, 0.29) is 11.8 Å². The molecule has 0 amide bonds. The van der Waals surface area contributed by atoms with Gasteiger partial charge in [0.15, 0.2) is 0 Å². The largest absolute Gasteiger partial charge is 0.481 e. The first kappa shape index (κ1) is 16.4. The lowest BCUT2D eigenvalue weighted by atomic mass is 9.91. The van der Waals surface area contributed by atoms with Crippen LogP contribution in [-0.4, -0.2) is 34.0 Å². The Morgan fingerprint density at radius 1 is 1.48 bits per heavy atom. The van der Waals surface area contributed by atoms with Crippen molar-refractivity contribution in [1.82, 2.24) is 9.88 Å². The smallest absolute Gasteiger partial charge is 0.308 e. The summed E-state index contributed by atoms with van der Waals surface area (Å²) in [4.78, 5) is 19.2. The molecule has 21 heavy (non-hydrogen) atoms. The van der Waals surface area contributed by atoms with Gasteiger partial charge in [0.2, 0.25) is 0 Å². The fraction of sp³-hybridized carbons (Fsp3) is 0.750. The van der Waals surface area contributed by atoms with E-state index in [2.05, 4.69) is 32.6 Å². The molecule has 5 heteroatoms. The quantitative estimate of drug-likeness (QED) is 0.927. The number of carboxylic acids is 1. The van der Waals surface area contributed by atoms with E-state index in [1.807, 2.05) is 0 Å². The molecule has 1 fully saturated rings. The minimum absolute atomic E-state index is 0.0840. The average molecular weight is 310 g/mol. The second-order valence-corrected chi connectivity index (χ2v) is 8.35. The number of carboxylic acid groups (broad SMARTS) is 1. The molecule has 0 aliphatic carbocycles. The van der Waals surface area contributed by atoms with E-state index in [1.54, 1.807) is 11.3 Å². The summed E-state index contributed by atoms with van der Waals surface area (Å²) in [6.07, 6.45) is 2.65. The molecule has 0 saturated carbocycles. The normalized spacial score (nSPS) is 20.7. The lowest BCUT2D eigenvalue weighted by Crippen LogP contribution is -2.33. The van der Waals surface area contributed by atoms with Crippen LogP contribution in [0, 0.1) is 5.92 Å². The van der Waals surface area contributed by atoms with E-state index in [4.69, 9.17) is 10.1 Å². The van der Waals surface area contributed by atoms with E-state index < -0.39 is 5.97 Å². The van der Waals surface area contributed by atoms with Gasteiger partial charge in [-0.3, -0.25) is 9.69 Å². The summed E-state index contributed by atoms with van der Waals surface area (Å²) >= 11 is 1.58. The van der Waals surface area contributed by atoms with E-state index in [9.17, 15) is 4.79 Å². The standard InChI is InChI=1S/C16H26N2O2S/c1-11-6-5-7-18(9-11)10-13-17-15(16(2,3)4)12(21-13)8-14(19)20/h11H,5-10H2,1-4H3,(H,19,20). The fourth-order valence-corrected chi connectivity index (χ4v) is 4.25. The van der Waals surface area contributed by atoms with Crippen molar-refractivity contribution in [3.63, 3.8) is 0 Å². The highest BCUT2D eigenvalue weighted by Gasteiger charge is 2.25. The zero-order valence-electron chi connectivity index (χ0n) is 13.5. The molecule has 1 saturated heterocycles. The van der Waals surface area contributed by atoms with Crippen LogP contribution in [-0.2, 0) is 23.2 Å². The summed E-state index contributed by atoms with van der Waals surface area (Å²) in [7, 11) is 0. The topological polar surface area (TPSA) is 53.4 Å². The van der Waals surface area contributed by atoms with Gasteiger partial charge in [0, 0.05) is 16.8 Å². The zero-order valence-corrected chi connectivity index (χ0v) is 14.3. The highest BCUT2D eigenvalue weighted by atomic mass is 32.1. The van der Waals surface area contributed by atoms with Gasteiger partial charge in [-0.1, -0.05) is 27.7 Å². The highest BCUT2D eigenvalue weighted by Crippen LogP contribution is 2.31. The molecule has 2 rings (SSSR count). The van der Waals surface area contributed by atoms with Crippen molar-refractivity contribution < 1.29 is 9.90 Å².